The van der Waals surface area contributed by atoms with Gasteiger partial charge in [0.2, 0.25) is 5.91 Å². The Hall–Kier alpha value is -3.22. The number of ether oxygens (including phenoxy) is 1. The summed E-state index contributed by atoms with van der Waals surface area (Å²) in [5.74, 6) is 0.961. The SMILES string of the molecule is COc1ccccc1N1CCN(c2ccc(NC(=O)CC(C)C)cc2C(=O)NC(C)C)CC1. The zero-order valence-electron chi connectivity index (χ0n) is 20.4. The van der Waals surface area contributed by atoms with Crippen LogP contribution in [0.1, 0.15) is 44.5 Å². The smallest absolute Gasteiger partial charge is 0.253 e. The number of para-hydroxylation sites is 2. The molecule has 1 fully saturated rings. The molecule has 0 unspecified atom stereocenters. The van der Waals surface area contributed by atoms with Crippen molar-refractivity contribution in [3.05, 3.63) is 48.0 Å². The van der Waals surface area contributed by atoms with Crippen LogP contribution in [0.3, 0.4) is 0 Å². The summed E-state index contributed by atoms with van der Waals surface area (Å²) in [6, 6.07) is 13.7. The van der Waals surface area contributed by atoms with Crippen LogP contribution in [0.5, 0.6) is 5.75 Å². The number of hydrogen-bond acceptors (Lipinski definition) is 5. The summed E-state index contributed by atoms with van der Waals surface area (Å²) in [5, 5.41) is 5.93. The molecule has 0 radical (unpaired) electrons. The maximum absolute atomic E-state index is 13.0. The van der Waals surface area contributed by atoms with Gasteiger partial charge in [-0.15, -0.1) is 0 Å². The van der Waals surface area contributed by atoms with Gasteiger partial charge in [-0.05, 0) is 50.1 Å². The molecule has 0 saturated carbocycles. The van der Waals surface area contributed by atoms with E-state index < -0.39 is 0 Å². The van der Waals surface area contributed by atoms with Gasteiger partial charge in [0.25, 0.3) is 5.91 Å². The van der Waals surface area contributed by atoms with Gasteiger partial charge in [-0.3, -0.25) is 9.59 Å². The Bertz CT molecular complexity index is 966. The number of benzene rings is 2. The molecule has 33 heavy (non-hydrogen) atoms. The van der Waals surface area contributed by atoms with E-state index in [9.17, 15) is 9.59 Å². The molecular formula is C26H36N4O3. The normalized spacial score (nSPS) is 13.9. The Morgan fingerprint density at radius 3 is 2.18 bits per heavy atom. The quantitative estimate of drug-likeness (QED) is 0.630. The highest BCUT2D eigenvalue weighted by atomic mass is 16.5. The first kappa shape index (κ1) is 24.4. The fraction of sp³-hybridized carbons (Fsp3) is 0.462. The lowest BCUT2D eigenvalue weighted by molar-refractivity contribution is -0.116. The Morgan fingerprint density at radius 1 is 0.939 bits per heavy atom. The minimum Gasteiger partial charge on any atom is -0.495 e. The first-order chi connectivity index (χ1) is 15.8. The van der Waals surface area contributed by atoms with E-state index in [-0.39, 0.29) is 23.8 Å². The summed E-state index contributed by atoms with van der Waals surface area (Å²) >= 11 is 0. The van der Waals surface area contributed by atoms with Crippen LogP contribution in [0.25, 0.3) is 0 Å². The summed E-state index contributed by atoms with van der Waals surface area (Å²) in [6.45, 7) is 11.1. The average Bonchev–Trinajstić information content (AvgIpc) is 2.78. The molecule has 0 aliphatic carbocycles. The van der Waals surface area contributed by atoms with Crippen molar-refractivity contribution in [2.75, 3.05) is 48.4 Å². The molecule has 2 aromatic rings. The molecule has 0 spiro atoms. The molecule has 0 aromatic heterocycles. The molecule has 7 heteroatoms. The van der Waals surface area contributed by atoms with Crippen molar-refractivity contribution in [2.24, 2.45) is 5.92 Å². The number of nitrogens with one attached hydrogen (secondary N) is 2. The van der Waals surface area contributed by atoms with Crippen LogP contribution in [0.4, 0.5) is 17.1 Å². The molecule has 2 aromatic carbocycles. The molecular weight excluding hydrogens is 416 g/mol. The number of methoxy groups -OCH3 is 1. The van der Waals surface area contributed by atoms with Crippen molar-refractivity contribution in [2.45, 2.75) is 40.2 Å². The third-order valence-corrected chi connectivity index (χ3v) is 5.58. The van der Waals surface area contributed by atoms with E-state index in [0.717, 1.165) is 43.3 Å². The van der Waals surface area contributed by atoms with Crippen LogP contribution in [0.2, 0.25) is 0 Å². The topological polar surface area (TPSA) is 73.9 Å². The number of carbonyl (C=O) groups excluding carboxylic acids is 2. The molecule has 1 aliphatic heterocycles. The molecule has 0 bridgehead atoms. The molecule has 2 amide bonds. The number of nitrogens with zero attached hydrogens (tertiary/aromatic N) is 2. The van der Waals surface area contributed by atoms with E-state index in [0.29, 0.717) is 17.7 Å². The molecule has 2 N–H and O–H groups in total. The Labute approximate surface area is 197 Å². The van der Waals surface area contributed by atoms with E-state index >= 15 is 0 Å². The van der Waals surface area contributed by atoms with Crippen molar-refractivity contribution in [3.8, 4) is 5.75 Å². The van der Waals surface area contributed by atoms with Gasteiger partial charge in [0, 0.05) is 50.0 Å². The van der Waals surface area contributed by atoms with Gasteiger partial charge in [0.1, 0.15) is 5.75 Å². The second-order valence-electron chi connectivity index (χ2n) is 9.15. The van der Waals surface area contributed by atoms with E-state index in [2.05, 4.69) is 26.5 Å². The summed E-state index contributed by atoms with van der Waals surface area (Å²) < 4.78 is 5.52. The summed E-state index contributed by atoms with van der Waals surface area (Å²) in [6.07, 6.45) is 0.445. The molecule has 1 heterocycles. The number of amides is 2. The van der Waals surface area contributed by atoms with Crippen molar-refractivity contribution in [1.29, 1.82) is 0 Å². The Balaban J connectivity index is 1.80. The number of piperazine rings is 1. The van der Waals surface area contributed by atoms with Gasteiger partial charge in [0.15, 0.2) is 0 Å². The standard InChI is InChI=1S/C26H36N4O3/c1-18(2)16-25(31)28-20-10-11-22(21(17-20)26(32)27-19(3)4)29-12-14-30(15-13-29)23-8-6-7-9-24(23)33-5/h6-11,17-19H,12-16H2,1-5H3,(H,27,32)(H,28,31). The van der Waals surface area contributed by atoms with E-state index in [1.54, 1.807) is 13.2 Å². The zero-order chi connectivity index (χ0) is 24.0. The number of carbonyl (C=O) groups is 2. The van der Waals surface area contributed by atoms with Gasteiger partial charge in [-0.25, -0.2) is 0 Å². The first-order valence-corrected chi connectivity index (χ1v) is 11.7. The summed E-state index contributed by atoms with van der Waals surface area (Å²) in [4.78, 5) is 29.8. The van der Waals surface area contributed by atoms with Crippen molar-refractivity contribution < 1.29 is 14.3 Å². The lowest BCUT2D eigenvalue weighted by atomic mass is 10.1. The minimum absolute atomic E-state index is 0.0203. The highest BCUT2D eigenvalue weighted by Gasteiger charge is 2.24. The Kier molecular flexibility index (Phi) is 8.20. The van der Waals surface area contributed by atoms with E-state index in [1.165, 1.54) is 0 Å². The predicted molar refractivity (Wildman–Crippen MR) is 135 cm³/mol. The second-order valence-corrected chi connectivity index (χ2v) is 9.15. The number of anilines is 3. The predicted octanol–water partition coefficient (Wildman–Crippen LogP) is 4.14. The molecule has 0 atom stereocenters. The Morgan fingerprint density at radius 2 is 1.58 bits per heavy atom. The van der Waals surface area contributed by atoms with Crippen LogP contribution in [0, 0.1) is 5.92 Å². The zero-order valence-corrected chi connectivity index (χ0v) is 20.4. The summed E-state index contributed by atoms with van der Waals surface area (Å²) in [7, 11) is 1.69. The molecule has 1 aliphatic rings. The number of hydrogen-bond donors (Lipinski definition) is 2. The highest BCUT2D eigenvalue weighted by molar-refractivity contribution is 6.02. The number of rotatable bonds is 8. The lowest BCUT2D eigenvalue weighted by Gasteiger charge is -2.38. The van der Waals surface area contributed by atoms with Crippen LogP contribution in [-0.2, 0) is 4.79 Å². The maximum atomic E-state index is 13.0. The van der Waals surface area contributed by atoms with Crippen LogP contribution < -0.4 is 25.2 Å². The molecule has 1 saturated heterocycles. The maximum Gasteiger partial charge on any atom is 0.253 e. The van der Waals surface area contributed by atoms with E-state index in [4.69, 9.17) is 4.74 Å². The minimum atomic E-state index is -0.132. The van der Waals surface area contributed by atoms with Gasteiger partial charge < -0.3 is 25.2 Å². The lowest BCUT2D eigenvalue weighted by Crippen LogP contribution is -2.47. The van der Waals surface area contributed by atoms with Gasteiger partial charge in [-0.2, -0.15) is 0 Å². The molecule has 7 nitrogen and oxygen atoms in total. The van der Waals surface area contributed by atoms with Crippen LogP contribution in [0.15, 0.2) is 42.5 Å². The largest absolute Gasteiger partial charge is 0.495 e. The van der Waals surface area contributed by atoms with Crippen molar-refractivity contribution in [3.63, 3.8) is 0 Å². The van der Waals surface area contributed by atoms with Crippen molar-refractivity contribution >= 4 is 28.9 Å². The van der Waals surface area contributed by atoms with Crippen LogP contribution >= 0.6 is 0 Å². The fourth-order valence-corrected chi connectivity index (χ4v) is 4.07. The second kappa shape index (κ2) is 11.1. The van der Waals surface area contributed by atoms with E-state index in [1.807, 2.05) is 58.0 Å². The highest BCUT2D eigenvalue weighted by Crippen LogP contribution is 2.31. The van der Waals surface area contributed by atoms with Crippen LogP contribution in [-0.4, -0.2) is 51.1 Å². The third-order valence-electron chi connectivity index (χ3n) is 5.58. The molecule has 3 rings (SSSR count). The van der Waals surface area contributed by atoms with Crippen molar-refractivity contribution in [1.82, 2.24) is 5.32 Å². The first-order valence-electron chi connectivity index (χ1n) is 11.7. The monoisotopic (exact) mass is 452 g/mol. The fourth-order valence-electron chi connectivity index (χ4n) is 4.07. The van der Waals surface area contributed by atoms with Gasteiger partial charge in [0.05, 0.1) is 18.4 Å². The summed E-state index contributed by atoms with van der Waals surface area (Å²) in [5.41, 5.74) is 3.19. The van der Waals surface area contributed by atoms with Gasteiger partial charge >= 0.3 is 0 Å². The molecule has 178 valence electrons. The van der Waals surface area contributed by atoms with Gasteiger partial charge in [-0.1, -0.05) is 26.0 Å². The third kappa shape index (κ3) is 6.40. The average molecular weight is 453 g/mol.